The number of alkyl halides is 4. The minimum atomic E-state index is -4.06. The normalized spacial score (nSPS) is 24.3. The van der Waals surface area contributed by atoms with E-state index in [9.17, 15) is 17.6 Å². The molecule has 2 aliphatic rings. The molecule has 1 atom stereocenters. The molecule has 4 rings (SSSR count). The van der Waals surface area contributed by atoms with Gasteiger partial charge < -0.3 is 10.2 Å². The van der Waals surface area contributed by atoms with Crippen LogP contribution < -0.4 is 10.2 Å². The maximum absolute atomic E-state index is 13.6. The Morgan fingerprint density at radius 3 is 2.50 bits per heavy atom. The number of nitrogens with zero attached hydrogens (tertiary/aromatic N) is 4. The van der Waals surface area contributed by atoms with Crippen molar-refractivity contribution in [2.24, 2.45) is 7.05 Å². The highest BCUT2D eigenvalue weighted by Crippen LogP contribution is 2.43. The fourth-order valence-corrected chi connectivity index (χ4v) is 3.58. The fraction of sp³-hybridized carbons (Fsp3) is 0.529. The van der Waals surface area contributed by atoms with E-state index in [1.54, 1.807) is 30.2 Å². The number of rotatable bonds is 3. The van der Waals surface area contributed by atoms with Crippen molar-refractivity contribution in [2.75, 3.05) is 31.1 Å². The summed E-state index contributed by atoms with van der Waals surface area (Å²) in [6, 6.07) is 3.42. The first-order valence-corrected chi connectivity index (χ1v) is 8.48. The molecule has 0 amide bonds. The molecule has 2 aromatic heterocycles. The number of aryl methyl sites for hydroxylation is 1. The predicted octanol–water partition coefficient (Wildman–Crippen LogP) is 2.65. The summed E-state index contributed by atoms with van der Waals surface area (Å²) in [4.78, 5) is 5.17. The number of aromatic nitrogens is 3. The van der Waals surface area contributed by atoms with Crippen molar-refractivity contribution in [3.05, 3.63) is 30.1 Å². The Bertz CT molecular complexity index is 797. The predicted molar refractivity (Wildman–Crippen MR) is 88.8 cm³/mol. The monoisotopic (exact) mass is 369 g/mol. The zero-order valence-corrected chi connectivity index (χ0v) is 14.2. The van der Waals surface area contributed by atoms with E-state index in [0.29, 0.717) is 5.69 Å². The van der Waals surface area contributed by atoms with Crippen LogP contribution in [0.15, 0.2) is 24.5 Å². The second-order valence-electron chi connectivity index (χ2n) is 6.96. The van der Waals surface area contributed by atoms with Gasteiger partial charge in [-0.3, -0.25) is 4.68 Å². The lowest BCUT2D eigenvalue weighted by atomic mass is 9.93. The maximum atomic E-state index is 13.6. The van der Waals surface area contributed by atoms with E-state index in [-0.39, 0.29) is 11.7 Å². The van der Waals surface area contributed by atoms with E-state index in [2.05, 4.69) is 15.4 Å². The van der Waals surface area contributed by atoms with Gasteiger partial charge in [-0.05, 0) is 36.6 Å². The van der Waals surface area contributed by atoms with Gasteiger partial charge in [-0.25, -0.2) is 4.98 Å². The Kier molecular flexibility index (Phi) is 3.94. The van der Waals surface area contributed by atoms with E-state index in [0.717, 1.165) is 35.5 Å². The highest BCUT2D eigenvalue weighted by atomic mass is 19.3. The Morgan fingerprint density at radius 2 is 1.92 bits per heavy atom. The standard InChI is InChI=1S/C17H19F4N5/c1-25-5-3-14(24-25)12-6-15(23-8-13(12)11-2-4-22-7-11)26-9-16(18,19)17(20,21)10-26/h3,5-6,8,11,22H,2,4,7,9-10H2,1H3. The lowest BCUT2D eigenvalue weighted by molar-refractivity contribution is -0.172. The zero-order chi connectivity index (χ0) is 18.5. The number of halogens is 4. The van der Waals surface area contributed by atoms with Gasteiger partial charge in [0.1, 0.15) is 5.82 Å². The lowest BCUT2D eigenvalue weighted by Gasteiger charge is -2.20. The Morgan fingerprint density at radius 1 is 1.19 bits per heavy atom. The van der Waals surface area contributed by atoms with Gasteiger partial charge in [-0.2, -0.15) is 22.7 Å². The second kappa shape index (κ2) is 5.94. The van der Waals surface area contributed by atoms with Gasteiger partial charge in [0.25, 0.3) is 0 Å². The minimum absolute atomic E-state index is 0.122. The molecule has 2 aromatic rings. The molecule has 0 spiro atoms. The van der Waals surface area contributed by atoms with E-state index in [1.807, 2.05) is 6.07 Å². The molecule has 1 N–H and O–H groups in total. The largest absolute Gasteiger partial charge is 0.344 e. The lowest BCUT2D eigenvalue weighted by Crippen LogP contribution is -2.38. The molecule has 140 valence electrons. The molecule has 0 aromatic carbocycles. The molecular weight excluding hydrogens is 350 g/mol. The Labute approximate surface area is 148 Å². The van der Waals surface area contributed by atoms with Crippen LogP contribution in [0, 0.1) is 0 Å². The quantitative estimate of drug-likeness (QED) is 0.845. The van der Waals surface area contributed by atoms with Crippen molar-refractivity contribution < 1.29 is 17.6 Å². The topological polar surface area (TPSA) is 46.0 Å². The van der Waals surface area contributed by atoms with Crippen LogP contribution in [0.2, 0.25) is 0 Å². The zero-order valence-electron chi connectivity index (χ0n) is 14.2. The molecule has 2 saturated heterocycles. The van der Waals surface area contributed by atoms with Crippen molar-refractivity contribution in [3.63, 3.8) is 0 Å². The highest BCUT2D eigenvalue weighted by Gasteiger charge is 2.63. The summed E-state index contributed by atoms with van der Waals surface area (Å²) in [7, 11) is 1.78. The molecular formula is C17H19F4N5. The van der Waals surface area contributed by atoms with E-state index >= 15 is 0 Å². The van der Waals surface area contributed by atoms with Crippen molar-refractivity contribution in [2.45, 2.75) is 24.2 Å². The van der Waals surface area contributed by atoms with Crippen LogP contribution in [0.1, 0.15) is 17.9 Å². The first-order chi connectivity index (χ1) is 12.3. The van der Waals surface area contributed by atoms with Crippen LogP contribution in [0.5, 0.6) is 0 Å². The van der Waals surface area contributed by atoms with Crippen molar-refractivity contribution >= 4 is 5.82 Å². The van der Waals surface area contributed by atoms with Crippen LogP contribution in [0.4, 0.5) is 23.4 Å². The third-order valence-electron chi connectivity index (χ3n) is 5.05. The van der Waals surface area contributed by atoms with E-state index < -0.39 is 24.9 Å². The molecule has 1 unspecified atom stereocenters. The molecule has 0 bridgehead atoms. The summed E-state index contributed by atoms with van der Waals surface area (Å²) < 4.78 is 55.9. The van der Waals surface area contributed by atoms with Gasteiger partial charge in [0.2, 0.25) is 0 Å². The number of hydrogen-bond acceptors (Lipinski definition) is 4. The van der Waals surface area contributed by atoms with Crippen LogP contribution in [0.25, 0.3) is 11.3 Å². The summed E-state index contributed by atoms with van der Waals surface area (Å²) in [5.74, 6) is -7.77. The maximum Gasteiger partial charge on any atom is 0.329 e. The van der Waals surface area contributed by atoms with Gasteiger partial charge in [-0.1, -0.05) is 0 Å². The summed E-state index contributed by atoms with van der Waals surface area (Å²) in [6.45, 7) is -0.405. The number of nitrogens with one attached hydrogen (secondary N) is 1. The van der Waals surface area contributed by atoms with Crippen molar-refractivity contribution in [1.29, 1.82) is 0 Å². The number of hydrogen-bond donors (Lipinski definition) is 1. The van der Waals surface area contributed by atoms with Crippen LogP contribution in [0.3, 0.4) is 0 Å². The third kappa shape index (κ3) is 2.84. The third-order valence-corrected chi connectivity index (χ3v) is 5.05. The molecule has 0 radical (unpaired) electrons. The van der Waals surface area contributed by atoms with Crippen LogP contribution in [-0.2, 0) is 7.05 Å². The SMILES string of the molecule is Cn1ccc(-c2cc(N3CC(F)(F)C(F)(F)C3)ncc2C2CCNC2)n1. The Balaban J connectivity index is 1.74. The molecule has 2 aliphatic heterocycles. The fourth-order valence-electron chi connectivity index (χ4n) is 3.58. The second-order valence-corrected chi connectivity index (χ2v) is 6.96. The molecule has 0 saturated carbocycles. The first kappa shape index (κ1) is 17.3. The Hall–Kier alpha value is -2.16. The molecule has 5 nitrogen and oxygen atoms in total. The van der Waals surface area contributed by atoms with Gasteiger partial charge in [0, 0.05) is 31.5 Å². The van der Waals surface area contributed by atoms with E-state index in [1.165, 1.54) is 0 Å². The smallest absolute Gasteiger partial charge is 0.329 e. The van der Waals surface area contributed by atoms with Gasteiger partial charge in [-0.15, -0.1) is 0 Å². The highest BCUT2D eigenvalue weighted by molar-refractivity contribution is 5.68. The average molecular weight is 369 g/mol. The molecule has 4 heterocycles. The molecule has 2 fully saturated rings. The van der Waals surface area contributed by atoms with Crippen LogP contribution in [-0.4, -0.2) is 52.8 Å². The average Bonchev–Trinajstić information content (AvgIpc) is 3.28. The number of anilines is 1. The summed E-state index contributed by atoms with van der Waals surface area (Å²) in [6.07, 6.45) is 4.33. The number of pyridine rings is 1. The van der Waals surface area contributed by atoms with Gasteiger partial charge in [0.15, 0.2) is 0 Å². The van der Waals surface area contributed by atoms with Gasteiger partial charge >= 0.3 is 11.8 Å². The van der Waals surface area contributed by atoms with Crippen molar-refractivity contribution in [3.8, 4) is 11.3 Å². The molecule has 9 heteroatoms. The summed E-state index contributed by atoms with van der Waals surface area (Å²) >= 11 is 0. The van der Waals surface area contributed by atoms with E-state index in [4.69, 9.17) is 0 Å². The van der Waals surface area contributed by atoms with Gasteiger partial charge in [0.05, 0.1) is 18.8 Å². The summed E-state index contributed by atoms with van der Waals surface area (Å²) in [5.41, 5.74) is 2.38. The van der Waals surface area contributed by atoms with Crippen molar-refractivity contribution in [1.82, 2.24) is 20.1 Å². The van der Waals surface area contributed by atoms with Crippen LogP contribution >= 0.6 is 0 Å². The molecule has 26 heavy (non-hydrogen) atoms. The summed E-state index contributed by atoms with van der Waals surface area (Å²) in [5, 5.41) is 7.68. The molecule has 0 aliphatic carbocycles. The first-order valence-electron chi connectivity index (χ1n) is 8.48. The minimum Gasteiger partial charge on any atom is -0.344 e.